The van der Waals surface area contributed by atoms with E-state index in [4.69, 9.17) is 37.8 Å². The maximum atomic E-state index is 10.6. The zero-order valence-electron chi connectivity index (χ0n) is 14.6. The van der Waals surface area contributed by atoms with Crippen molar-refractivity contribution in [1.82, 2.24) is 5.32 Å². The van der Waals surface area contributed by atoms with E-state index in [1.54, 1.807) is 6.07 Å². The first-order chi connectivity index (χ1) is 12.6. The molecule has 1 aliphatic carbocycles. The largest absolute Gasteiger partial charge is 0.490 e. The van der Waals surface area contributed by atoms with Gasteiger partial charge in [-0.05, 0) is 69.2 Å². The molecule has 1 spiro atoms. The van der Waals surface area contributed by atoms with Gasteiger partial charge in [0, 0.05) is 6.07 Å². The summed E-state index contributed by atoms with van der Waals surface area (Å²) in [7, 11) is 0. The number of carboxylic acid groups (broad SMARTS) is 1. The van der Waals surface area contributed by atoms with Crippen LogP contribution in [0, 0.1) is 5.41 Å². The molecule has 152 valence electrons. The fourth-order valence-electron chi connectivity index (χ4n) is 3.52. The molecule has 1 saturated heterocycles. The van der Waals surface area contributed by atoms with Crippen LogP contribution in [-0.4, -0.2) is 36.4 Å². The predicted octanol–water partition coefficient (Wildman–Crippen LogP) is 5.32. The van der Waals surface area contributed by atoms with Crippen LogP contribution in [0.3, 0.4) is 0 Å². The number of nitrogens with one attached hydrogen (secondary N) is 1. The molecular weight excluding hydrogens is 406 g/mol. The molecule has 1 aromatic rings. The number of hydrogen-bond acceptors (Lipinski definition) is 3. The van der Waals surface area contributed by atoms with Gasteiger partial charge in [0.1, 0.15) is 5.75 Å². The number of piperidine rings is 1. The summed E-state index contributed by atoms with van der Waals surface area (Å²) in [5, 5.41) is 11.7. The molecule has 1 aliphatic heterocycles. The number of hydrogen-bond donors (Lipinski definition) is 2. The molecule has 0 atom stereocenters. The first-order valence-electron chi connectivity index (χ1n) is 8.74. The monoisotopic (exact) mass is 427 g/mol. The van der Waals surface area contributed by atoms with Crippen molar-refractivity contribution in [3.05, 3.63) is 28.2 Å². The molecule has 2 fully saturated rings. The zero-order valence-corrected chi connectivity index (χ0v) is 16.1. The third-order valence-corrected chi connectivity index (χ3v) is 5.83. The molecule has 0 unspecified atom stereocenters. The molecule has 0 amide bonds. The van der Waals surface area contributed by atoms with Crippen molar-refractivity contribution in [1.29, 1.82) is 0 Å². The number of benzene rings is 1. The van der Waals surface area contributed by atoms with Gasteiger partial charge in [-0.25, -0.2) is 4.79 Å². The molecule has 0 aromatic heterocycles. The van der Waals surface area contributed by atoms with E-state index in [2.05, 4.69) is 5.32 Å². The molecule has 4 nitrogen and oxygen atoms in total. The third kappa shape index (κ3) is 6.73. The number of ether oxygens (including phenoxy) is 1. The van der Waals surface area contributed by atoms with Gasteiger partial charge in [0.15, 0.2) is 0 Å². The van der Waals surface area contributed by atoms with Gasteiger partial charge in [0.25, 0.3) is 0 Å². The number of aliphatic carboxylic acids is 1. The van der Waals surface area contributed by atoms with Crippen LogP contribution in [0.4, 0.5) is 13.2 Å². The minimum atomic E-state index is -5.08. The van der Waals surface area contributed by atoms with E-state index in [-0.39, 0.29) is 0 Å². The lowest BCUT2D eigenvalue weighted by molar-refractivity contribution is -0.192. The molecular formula is C18H22Cl2F3NO3. The van der Waals surface area contributed by atoms with E-state index in [0.29, 0.717) is 21.6 Å². The Morgan fingerprint density at radius 1 is 1.11 bits per heavy atom. The molecule has 1 heterocycles. The second kappa shape index (κ2) is 9.34. The summed E-state index contributed by atoms with van der Waals surface area (Å²) in [6, 6.07) is 5.53. The van der Waals surface area contributed by atoms with E-state index < -0.39 is 12.1 Å². The summed E-state index contributed by atoms with van der Waals surface area (Å²) in [5.41, 5.74) is 0.586. The number of halogens is 5. The lowest BCUT2D eigenvalue weighted by Crippen LogP contribution is -2.40. The quantitative estimate of drug-likeness (QED) is 0.670. The molecule has 1 aromatic carbocycles. The van der Waals surface area contributed by atoms with Crippen molar-refractivity contribution in [2.24, 2.45) is 5.41 Å². The van der Waals surface area contributed by atoms with Crippen LogP contribution in [0.5, 0.6) is 5.75 Å². The van der Waals surface area contributed by atoms with Gasteiger partial charge in [-0.2, -0.15) is 13.2 Å². The maximum absolute atomic E-state index is 10.6. The highest BCUT2D eigenvalue weighted by molar-refractivity contribution is 6.42. The van der Waals surface area contributed by atoms with Gasteiger partial charge in [0.2, 0.25) is 0 Å². The molecule has 0 radical (unpaired) electrons. The highest BCUT2D eigenvalue weighted by Crippen LogP contribution is 2.44. The number of carbonyl (C=O) groups is 1. The lowest BCUT2D eigenvalue weighted by atomic mass is 9.68. The zero-order chi connectivity index (χ0) is 20.1. The smallest absolute Gasteiger partial charge is 0.490 e. The summed E-state index contributed by atoms with van der Waals surface area (Å²) in [6.45, 7) is 2.36. The van der Waals surface area contributed by atoms with Gasteiger partial charge in [-0.15, -0.1) is 0 Å². The van der Waals surface area contributed by atoms with Crippen molar-refractivity contribution < 1.29 is 27.8 Å². The minimum absolute atomic E-state index is 0.327. The van der Waals surface area contributed by atoms with Gasteiger partial charge >= 0.3 is 12.1 Å². The molecule has 2 N–H and O–H groups in total. The van der Waals surface area contributed by atoms with Crippen LogP contribution in [0.2, 0.25) is 10.0 Å². The molecule has 2 aliphatic rings. The summed E-state index contributed by atoms with van der Waals surface area (Å²) < 4.78 is 37.8. The topological polar surface area (TPSA) is 58.6 Å². The standard InChI is InChI=1S/C16H21Cl2NO.C2HF3O2/c17-14-2-1-13(11-15(14)18)20-12-3-5-16(6-4-12)7-9-19-10-8-16;3-2(4,5)1(6)7/h1-2,11-12,19H,3-10H2;(H,6,7). The Morgan fingerprint density at radius 2 is 1.67 bits per heavy atom. The Balaban J connectivity index is 0.000000321. The Morgan fingerprint density at radius 3 is 2.15 bits per heavy atom. The van der Waals surface area contributed by atoms with E-state index in [0.717, 1.165) is 18.6 Å². The van der Waals surface area contributed by atoms with Crippen LogP contribution >= 0.6 is 23.2 Å². The average Bonchev–Trinajstić information content (AvgIpc) is 2.61. The number of carboxylic acids is 1. The fraction of sp³-hybridized carbons (Fsp3) is 0.611. The maximum Gasteiger partial charge on any atom is 0.490 e. The van der Waals surface area contributed by atoms with Crippen molar-refractivity contribution in [3.63, 3.8) is 0 Å². The van der Waals surface area contributed by atoms with Crippen molar-refractivity contribution in [2.45, 2.75) is 50.8 Å². The second-order valence-corrected chi connectivity index (χ2v) is 7.76. The SMILES string of the molecule is Clc1ccc(OC2CCC3(CCNCC3)CC2)cc1Cl.O=C(O)C(F)(F)F. The van der Waals surface area contributed by atoms with Crippen LogP contribution in [0.25, 0.3) is 0 Å². The van der Waals surface area contributed by atoms with Crippen LogP contribution in [0.15, 0.2) is 18.2 Å². The summed E-state index contributed by atoms with van der Waals surface area (Å²) >= 11 is 12.0. The summed E-state index contributed by atoms with van der Waals surface area (Å²) in [6.07, 6.45) is 2.79. The van der Waals surface area contributed by atoms with E-state index >= 15 is 0 Å². The van der Waals surface area contributed by atoms with Gasteiger partial charge < -0.3 is 15.2 Å². The normalized spacial score (nSPS) is 19.9. The average molecular weight is 428 g/mol. The third-order valence-electron chi connectivity index (χ3n) is 5.09. The predicted molar refractivity (Wildman–Crippen MR) is 97.6 cm³/mol. The highest BCUT2D eigenvalue weighted by Gasteiger charge is 2.38. The van der Waals surface area contributed by atoms with Crippen LogP contribution < -0.4 is 10.1 Å². The van der Waals surface area contributed by atoms with E-state index in [9.17, 15) is 13.2 Å². The number of alkyl halides is 3. The molecule has 0 bridgehead atoms. The Bertz CT molecular complexity index is 639. The van der Waals surface area contributed by atoms with Gasteiger partial charge in [0.05, 0.1) is 16.1 Å². The first-order valence-corrected chi connectivity index (χ1v) is 9.49. The highest BCUT2D eigenvalue weighted by atomic mass is 35.5. The van der Waals surface area contributed by atoms with E-state index in [1.807, 2.05) is 12.1 Å². The van der Waals surface area contributed by atoms with Crippen LogP contribution in [-0.2, 0) is 4.79 Å². The lowest BCUT2D eigenvalue weighted by Gasteiger charge is -2.43. The first kappa shape index (κ1) is 22.1. The van der Waals surface area contributed by atoms with Crippen LogP contribution in [0.1, 0.15) is 38.5 Å². The molecule has 9 heteroatoms. The van der Waals surface area contributed by atoms with Gasteiger partial charge in [-0.1, -0.05) is 23.2 Å². The van der Waals surface area contributed by atoms with Crippen molar-refractivity contribution in [2.75, 3.05) is 13.1 Å². The summed E-state index contributed by atoms with van der Waals surface area (Å²) in [4.78, 5) is 8.90. The van der Waals surface area contributed by atoms with Crippen molar-refractivity contribution >= 4 is 29.2 Å². The van der Waals surface area contributed by atoms with E-state index in [1.165, 1.54) is 38.8 Å². The number of rotatable bonds is 2. The molecule has 27 heavy (non-hydrogen) atoms. The fourth-order valence-corrected chi connectivity index (χ4v) is 3.81. The Kier molecular flexibility index (Phi) is 7.65. The summed E-state index contributed by atoms with van der Waals surface area (Å²) in [5.74, 6) is -1.92. The Labute approximate surface area is 166 Å². The van der Waals surface area contributed by atoms with Crippen molar-refractivity contribution in [3.8, 4) is 5.75 Å². The molecule has 1 saturated carbocycles. The van der Waals surface area contributed by atoms with Gasteiger partial charge in [-0.3, -0.25) is 0 Å². The molecule has 3 rings (SSSR count). The minimum Gasteiger partial charge on any atom is -0.490 e. The second-order valence-electron chi connectivity index (χ2n) is 6.95. The Hall–Kier alpha value is -1.18.